The fourth-order valence-electron chi connectivity index (χ4n) is 3.04. The first-order valence-corrected chi connectivity index (χ1v) is 8.04. The Kier molecular flexibility index (Phi) is 5.04. The van der Waals surface area contributed by atoms with E-state index >= 15 is 0 Å². The van der Waals surface area contributed by atoms with Gasteiger partial charge in [-0.1, -0.05) is 66.7 Å². The van der Waals surface area contributed by atoms with Gasteiger partial charge < -0.3 is 10.2 Å². The van der Waals surface area contributed by atoms with Crippen molar-refractivity contribution in [3.05, 3.63) is 89.0 Å². The Hall–Kier alpha value is -2.49. The first-order valence-electron chi connectivity index (χ1n) is 8.04. The van der Waals surface area contributed by atoms with Gasteiger partial charge in [0.05, 0.1) is 19.1 Å². The van der Waals surface area contributed by atoms with Crippen LogP contribution in [0.3, 0.4) is 0 Å². The van der Waals surface area contributed by atoms with Crippen molar-refractivity contribution < 1.29 is 15.0 Å². The summed E-state index contributed by atoms with van der Waals surface area (Å²) in [6.45, 7) is -0.170. The van der Waals surface area contributed by atoms with Gasteiger partial charge >= 0.3 is 0 Å². The van der Waals surface area contributed by atoms with Crippen LogP contribution < -0.4 is 0 Å². The third kappa shape index (κ3) is 3.23. The largest absolute Gasteiger partial charge is 0.395 e. The summed E-state index contributed by atoms with van der Waals surface area (Å²) in [5, 5.41) is 19.0. The average molecular weight is 320 g/mol. The molecule has 0 heterocycles. The maximum Gasteiger partial charge on any atom is 0.172 e. The minimum absolute atomic E-state index is 0.0452. The van der Waals surface area contributed by atoms with Gasteiger partial charge in [0.1, 0.15) is 0 Å². The number of aliphatic hydroxyl groups excluding tert-OH is 2. The zero-order valence-electron chi connectivity index (χ0n) is 13.4. The van der Waals surface area contributed by atoms with Crippen molar-refractivity contribution in [2.45, 2.75) is 12.3 Å². The SMILES string of the molecule is O=C(c1ccc(C2=C(CO)CC=C2)cc1)C(CO)c1ccccc1. The molecule has 0 bridgehead atoms. The number of aliphatic hydroxyl groups is 2. The van der Waals surface area contributed by atoms with Crippen LogP contribution in [0.1, 0.15) is 33.8 Å². The summed E-state index contributed by atoms with van der Waals surface area (Å²) in [5.74, 6) is -0.635. The molecule has 3 nitrogen and oxygen atoms in total. The molecule has 0 aromatic heterocycles. The van der Waals surface area contributed by atoms with Crippen molar-refractivity contribution >= 4 is 11.4 Å². The first-order chi connectivity index (χ1) is 11.7. The first kappa shape index (κ1) is 16.4. The molecule has 1 aliphatic rings. The van der Waals surface area contributed by atoms with Gasteiger partial charge in [0.2, 0.25) is 0 Å². The highest BCUT2D eigenvalue weighted by atomic mass is 16.3. The summed E-state index contributed by atoms with van der Waals surface area (Å²) in [5.41, 5.74) is 4.40. The van der Waals surface area contributed by atoms with Crippen LogP contribution in [0.4, 0.5) is 0 Å². The fraction of sp³-hybridized carbons (Fsp3) is 0.190. The van der Waals surface area contributed by atoms with Crippen molar-refractivity contribution in [2.75, 3.05) is 13.2 Å². The Labute approximate surface area is 141 Å². The van der Waals surface area contributed by atoms with Crippen LogP contribution >= 0.6 is 0 Å². The highest BCUT2D eigenvalue weighted by Crippen LogP contribution is 2.29. The Morgan fingerprint density at radius 3 is 2.33 bits per heavy atom. The predicted octanol–water partition coefficient (Wildman–Crippen LogP) is 3.35. The van der Waals surface area contributed by atoms with Crippen LogP contribution in [-0.2, 0) is 0 Å². The lowest BCUT2D eigenvalue weighted by Crippen LogP contribution is -2.16. The average Bonchev–Trinajstić information content (AvgIpc) is 3.12. The number of rotatable bonds is 6. The van der Waals surface area contributed by atoms with Gasteiger partial charge in [-0.3, -0.25) is 4.79 Å². The highest BCUT2D eigenvalue weighted by Gasteiger charge is 2.21. The van der Waals surface area contributed by atoms with Crippen LogP contribution in [0.15, 0.2) is 72.3 Å². The van der Waals surface area contributed by atoms with Crippen molar-refractivity contribution in [1.29, 1.82) is 0 Å². The van der Waals surface area contributed by atoms with Gasteiger partial charge in [-0.2, -0.15) is 0 Å². The number of Topliss-reactive ketones (excluding diaryl/α,β-unsaturated/α-hetero) is 1. The van der Waals surface area contributed by atoms with Crippen molar-refractivity contribution in [1.82, 2.24) is 0 Å². The van der Waals surface area contributed by atoms with Crippen molar-refractivity contribution in [2.24, 2.45) is 0 Å². The number of carbonyl (C=O) groups is 1. The summed E-state index contributed by atoms with van der Waals surface area (Å²) in [4.78, 5) is 12.7. The summed E-state index contributed by atoms with van der Waals surface area (Å²) in [7, 11) is 0. The fourth-order valence-corrected chi connectivity index (χ4v) is 3.04. The molecule has 0 saturated carbocycles. The Morgan fingerprint density at radius 2 is 1.71 bits per heavy atom. The molecular weight excluding hydrogens is 300 g/mol. The summed E-state index contributed by atoms with van der Waals surface area (Å²) in [6.07, 6.45) is 4.80. The quantitative estimate of drug-likeness (QED) is 0.803. The summed E-state index contributed by atoms with van der Waals surface area (Å²) < 4.78 is 0. The van der Waals surface area contributed by atoms with Crippen LogP contribution in [0, 0.1) is 0 Å². The Morgan fingerprint density at radius 1 is 1.00 bits per heavy atom. The molecule has 2 aromatic rings. The third-order valence-corrected chi connectivity index (χ3v) is 4.40. The lowest BCUT2D eigenvalue weighted by atomic mass is 9.90. The molecule has 1 aliphatic carbocycles. The molecule has 3 heteroatoms. The van der Waals surface area contributed by atoms with E-state index in [9.17, 15) is 15.0 Å². The normalized spacial score (nSPS) is 14.9. The van der Waals surface area contributed by atoms with Gasteiger partial charge in [-0.05, 0) is 28.7 Å². The van der Waals surface area contributed by atoms with Crippen molar-refractivity contribution in [3.63, 3.8) is 0 Å². The van der Waals surface area contributed by atoms with E-state index in [1.165, 1.54) is 0 Å². The smallest absolute Gasteiger partial charge is 0.172 e. The lowest BCUT2D eigenvalue weighted by Gasteiger charge is -2.14. The minimum Gasteiger partial charge on any atom is -0.395 e. The molecule has 0 amide bonds. The standard InChI is InChI=1S/C21H20O3/c22-13-18-7-4-8-19(18)16-9-11-17(12-10-16)21(24)20(14-23)15-5-2-1-3-6-15/h1-6,8-12,20,22-23H,7,13-14H2. The second-order valence-corrected chi connectivity index (χ2v) is 5.87. The predicted molar refractivity (Wildman–Crippen MR) is 94.8 cm³/mol. The second kappa shape index (κ2) is 7.39. The number of ketones is 1. The monoisotopic (exact) mass is 320 g/mol. The molecular formula is C21H20O3. The van der Waals surface area contributed by atoms with Gasteiger partial charge in [0.15, 0.2) is 5.78 Å². The van der Waals surface area contributed by atoms with E-state index in [2.05, 4.69) is 0 Å². The van der Waals surface area contributed by atoms with Gasteiger partial charge in [-0.25, -0.2) is 0 Å². The molecule has 122 valence electrons. The minimum atomic E-state index is -0.546. The number of carbonyl (C=O) groups excluding carboxylic acids is 1. The topological polar surface area (TPSA) is 57.5 Å². The van der Waals surface area contributed by atoms with E-state index in [1.807, 2.05) is 54.6 Å². The van der Waals surface area contributed by atoms with E-state index in [0.717, 1.165) is 28.7 Å². The van der Waals surface area contributed by atoms with E-state index in [-0.39, 0.29) is 19.0 Å². The molecule has 24 heavy (non-hydrogen) atoms. The maximum atomic E-state index is 12.7. The van der Waals surface area contributed by atoms with E-state index in [0.29, 0.717) is 5.56 Å². The van der Waals surface area contributed by atoms with Crippen LogP contribution in [0.2, 0.25) is 0 Å². The zero-order valence-corrected chi connectivity index (χ0v) is 13.4. The Balaban J connectivity index is 1.85. The number of benzene rings is 2. The van der Waals surface area contributed by atoms with Gasteiger partial charge in [-0.15, -0.1) is 0 Å². The molecule has 3 rings (SSSR count). The molecule has 1 atom stereocenters. The summed E-state index contributed by atoms with van der Waals surface area (Å²) >= 11 is 0. The molecule has 0 aliphatic heterocycles. The van der Waals surface area contributed by atoms with Crippen LogP contribution in [0.25, 0.3) is 5.57 Å². The molecule has 0 spiro atoms. The van der Waals surface area contributed by atoms with E-state index in [1.54, 1.807) is 12.1 Å². The number of allylic oxidation sites excluding steroid dienone is 3. The van der Waals surface area contributed by atoms with Gasteiger partial charge in [0, 0.05) is 5.56 Å². The highest BCUT2D eigenvalue weighted by molar-refractivity contribution is 6.01. The van der Waals surface area contributed by atoms with Crippen LogP contribution in [-0.4, -0.2) is 29.2 Å². The number of hydrogen-bond acceptors (Lipinski definition) is 3. The van der Waals surface area contributed by atoms with E-state index < -0.39 is 5.92 Å². The summed E-state index contributed by atoms with van der Waals surface area (Å²) in [6, 6.07) is 16.7. The number of hydrogen-bond donors (Lipinski definition) is 2. The van der Waals surface area contributed by atoms with E-state index in [4.69, 9.17) is 0 Å². The lowest BCUT2D eigenvalue weighted by molar-refractivity contribution is 0.0922. The maximum absolute atomic E-state index is 12.7. The molecule has 0 fully saturated rings. The molecule has 0 radical (unpaired) electrons. The van der Waals surface area contributed by atoms with Crippen LogP contribution in [0.5, 0.6) is 0 Å². The Bertz CT molecular complexity index is 770. The molecule has 0 saturated heterocycles. The molecule has 1 unspecified atom stereocenters. The molecule has 2 aromatic carbocycles. The van der Waals surface area contributed by atoms with Crippen molar-refractivity contribution in [3.8, 4) is 0 Å². The molecule has 2 N–H and O–H groups in total. The second-order valence-electron chi connectivity index (χ2n) is 5.87. The van der Waals surface area contributed by atoms with Gasteiger partial charge in [0.25, 0.3) is 0 Å². The third-order valence-electron chi connectivity index (χ3n) is 4.40. The zero-order chi connectivity index (χ0) is 16.9.